The zero-order valence-corrected chi connectivity index (χ0v) is 20.3. The molecular formula is C24H40OSn. The molecule has 1 unspecified atom stereocenters. The van der Waals surface area contributed by atoms with Crippen LogP contribution in [0.3, 0.4) is 0 Å². The Bertz CT molecular complexity index is 486. The normalized spacial score (nSPS) is 12.7. The van der Waals surface area contributed by atoms with E-state index in [4.69, 9.17) is 0 Å². The summed E-state index contributed by atoms with van der Waals surface area (Å²) < 4.78 is 4.50. The standard InChI is InChI=1S/C12H13O.3C4H9.Sn/c1-2-3-9-12(13)10-11-7-5-4-6-8-11;3*1-3-4-2;/h2,4-9H,1,3,10H2;3*1,3-4H2,2H3;. The van der Waals surface area contributed by atoms with E-state index in [9.17, 15) is 4.79 Å². The molecule has 146 valence electrons. The number of hydrogen-bond donors (Lipinski definition) is 0. The number of hydrogen-bond acceptors (Lipinski definition) is 1. The Morgan fingerprint density at radius 2 is 1.46 bits per heavy atom. The molecule has 26 heavy (non-hydrogen) atoms. The fourth-order valence-electron chi connectivity index (χ4n) is 4.29. The summed E-state index contributed by atoms with van der Waals surface area (Å²) in [5.41, 5.74) is 1.17. The summed E-state index contributed by atoms with van der Waals surface area (Å²) in [5.74, 6) is 0.509. The molecule has 0 bridgehead atoms. The molecule has 0 aliphatic carbocycles. The van der Waals surface area contributed by atoms with E-state index in [0.29, 0.717) is 16.1 Å². The number of carbonyl (C=O) groups is 1. The van der Waals surface area contributed by atoms with Crippen molar-refractivity contribution in [2.24, 2.45) is 0 Å². The summed E-state index contributed by atoms with van der Waals surface area (Å²) in [5, 5.41) is 0. The second-order valence-corrected chi connectivity index (χ2v) is 21.9. The van der Waals surface area contributed by atoms with Gasteiger partial charge in [0, 0.05) is 0 Å². The number of rotatable bonds is 15. The maximum atomic E-state index is 13.4. The minimum absolute atomic E-state index is 0.326. The van der Waals surface area contributed by atoms with Gasteiger partial charge in [-0.3, -0.25) is 0 Å². The summed E-state index contributed by atoms with van der Waals surface area (Å²) in [6, 6.07) is 10.3. The van der Waals surface area contributed by atoms with Gasteiger partial charge in [0.2, 0.25) is 0 Å². The number of carbonyl (C=O) groups excluding carboxylic acids is 1. The van der Waals surface area contributed by atoms with Crippen molar-refractivity contribution < 1.29 is 4.79 Å². The Labute approximate surface area is 166 Å². The van der Waals surface area contributed by atoms with Gasteiger partial charge in [0.25, 0.3) is 0 Å². The fourth-order valence-corrected chi connectivity index (χ4v) is 22.6. The predicted molar refractivity (Wildman–Crippen MR) is 119 cm³/mol. The van der Waals surface area contributed by atoms with Crippen molar-refractivity contribution in [2.75, 3.05) is 0 Å². The zero-order chi connectivity index (χ0) is 19.3. The molecule has 1 nitrogen and oxygen atoms in total. The molecular weight excluding hydrogens is 423 g/mol. The number of unbranched alkanes of at least 4 members (excludes halogenated alkanes) is 3. The molecule has 0 saturated heterocycles. The molecule has 0 fully saturated rings. The average Bonchev–Trinajstić information content (AvgIpc) is 2.67. The van der Waals surface area contributed by atoms with Crippen molar-refractivity contribution in [2.45, 2.75) is 89.4 Å². The van der Waals surface area contributed by atoms with E-state index in [1.54, 1.807) is 0 Å². The third-order valence-corrected chi connectivity index (χ3v) is 23.2. The van der Waals surface area contributed by atoms with Crippen LogP contribution in [0.5, 0.6) is 0 Å². The van der Waals surface area contributed by atoms with Crippen LogP contribution in [-0.4, -0.2) is 24.2 Å². The average molecular weight is 463 g/mol. The van der Waals surface area contributed by atoms with E-state index in [1.807, 2.05) is 24.3 Å². The van der Waals surface area contributed by atoms with Gasteiger partial charge in [-0.15, -0.1) is 0 Å². The summed E-state index contributed by atoms with van der Waals surface area (Å²) in [7, 11) is 0. The van der Waals surface area contributed by atoms with E-state index in [-0.39, 0.29) is 0 Å². The summed E-state index contributed by atoms with van der Waals surface area (Å²) in [6.45, 7) is 10.9. The van der Waals surface area contributed by atoms with Crippen molar-refractivity contribution >= 4 is 24.2 Å². The second-order valence-electron chi connectivity index (χ2n) is 7.88. The molecule has 0 aliphatic rings. The molecule has 0 spiro atoms. The molecule has 0 N–H and O–H groups in total. The van der Waals surface area contributed by atoms with Gasteiger partial charge < -0.3 is 0 Å². The van der Waals surface area contributed by atoms with Gasteiger partial charge in [0.1, 0.15) is 0 Å². The number of ketones is 1. The fraction of sp³-hybridized carbons (Fsp3) is 0.625. The Kier molecular flexibility index (Phi) is 12.3. The Hall–Kier alpha value is -0.571. The Morgan fingerprint density at radius 1 is 0.962 bits per heavy atom. The summed E-state index contributed by atoms with van der Waals surface area (Å²) >= 11 is -2.57. The van der Waals surface area contributed by atoms with Crippen LogP contribution in [0.2, 0.25) is 17.2 Å². The first-order valence-electron chi connectivity index (χ1n) is 10.8. The predicted octanol–water partition coefficient (Wildman–Crippen LogP) is 7.59. The summed E-state index contributed by atoms with van der Waals surface area (Å²) in [6.07, 6.45) is 11.3. The molecule has 0 saturated carbocycles. The van der Waals surface area contributed by atoms with Crippen molar-refractivity contribution in [1.29, 1.82) is 0 Å². The van der Waals surface area contributed by atoms with E-state index >= 15 is 0 Å². The van der Waals surface area contributed by atoms with Gasteiger partial charge in [-0.05, 0) is 0 Å². The van der Waals surface area contributed by atoms with Gasteiger partial charge in [-0.1, -0.05) is 0 Å². The second kappa shape index (κ2) is 13.6. The topological polar surface area (TPSA) is 17.1 Å². The number of allylic oxidation sites excluding steroid dienone is 1. The third kappa shape index (κ3) is 7.58. The quantitative estimate of drug-likeness (QED) is 0.193. The van der Waals surface area contributed by atoms with Crippen LogP contribution in [0, 0.1) is 0 Å². The van der Waals surface area contributed by atoms with Crippen LogP contribution in [0.25, 0.3) is 0 Å². The van der Waals surface area contributed by atoms with Crippen LogP contribution in [0.4, 0.5) is 0 Å². The molecule has 0 radical (unpaired) electrons. The monoisotopic (exact) mass is 464 g/mol. The van der Waals surface area contributed by atoms with Crippen LogP contribution in [0.15, 0.2) is 43.0 Å². The SMILES string of the molecule is C=CC[CH](C(=O)Cc1ccccc1)[Sn]([CH2]CCC)([CH2]CCC)[CH2]CCC. The molecule has 1 aromatic carbocycles. The minimum atomic E-state index is -2.57. The van der Waals surface area contributed by atoms with Gasteiger partial charge >= 0.3 is 167 Å². The zero-order valence-electron chi connectivity index (χ0n) is 17.4. The van der Waals surface area contributed by atoms with E-state index in [1.165, 1.54) is 57.4 Å². The van der Waals surface area contributed by atoms with Gasteiger partial charge in [-0.25, -0.2) is 0 Å². The van der Waals surface area contributed by atoms with E-state index in [0.717, 1.165) is 6.42 Å². The van der Waals surface area contributed by atoms with Crippen molar-refractivity contribution in [3.8, 4) is 0 Å². The van der Waals surface area contributed by atoms with Crippen molar-refractivity contribution in [1.82, 2.24) is 0 Å². The Balaban J connectivity index is 3.12. The molecule has 1 aromatic rings. The Morgan fingerprint density at radius 3 is 1.88 bits per heavy atom. The number of Topliss-reactive ketones (excluding diaryl/α,β-unsaturated/α-hetero) is 1. The maximum absolute atomic E-state index is 13.4. The first kappa shape index (κ1) is 23.5. The van der Waals surface area contributed by atoms with Gasteiger partial charge in [0.15, 0.2) is 0 Å². The molecule has 0 aromatic heterocycles. The molecule has 1 atom stereocenters. The van der Waals surface area contributed by atoms with Gasteiger partial charge in [0.05, 0.1) is 0 Å². The van der Waals surface area contributed by atoms with E-state index in [2.05, 4.69) is 39.5 Å². The molecule has 0 aliphatic heterocycles. The first-order valence-corrected chi connectivity index (χ1v) is 18.5. The van der Waals surface area contributed by atoms with Crippen LogP contribution in [0.1, 0.15) is 71.3 Å². The van der Waals surface area contributed by atoms with Crippen LogP contribution < -0.4 is 0 Å². The van der Waals surface area contributed by atoms with Crippen molar-refractivity contribution in [3.05, 3.63) is 48.6 Å². The molecule has 2 heteroatoms. The summed E-state index contributed by atoms with van der Waals surface area (Å²) in [4.78, 5) is 13.4. The third-order valence-electron chi connectivity index (χ3n) is 5.84. The molecule has 0 heterocycles. The van der Waals surface area contributed by atoms with E-state index < -0.39 is 18.4 Å². The van der Waals surface area contributed by atoms with Crippen LogP contribution in [-0.2, 0) is 11.2 Å². The number of benzene rings is 1. The molecule has 0 amide bonds. The van der Waals surface area contributed by atoms with Gasteiger partial charge in [-0.2, -0.15) is 0 Å². The van der Waals surface area contributed by atoms with Crippen LogP contribution >= 0.6 is 0 Å². The van der Waals surface area contributed by atoms with Crippen molar-refractivity contribution in [3.63, 3.8) is 0 Å². The first-order chi connectivity index (χ1) is 12.6. The molecule has 1 rings (SSSR count).